The number of carbonyl (C=O) groups is 1. The minimum atomic E-state index is 0.0641. The van der Waals surface area contributed by atoms with E-state index >= 15 is 0 Å². The SMILES string of the molecule is CC(=O)c1ccc(N(c2ccccc2)c2ccc(N(c3ccccc3)c3ccc(C)cc3)cc2)cc1. The fourth-order valence-corrected chi connectivity index (χ4v) is 4.34. The van der Waals surface area contributed by atoms with Crippen LogP contribution in [0.4, 0.5) is 34.1 Å². The maximum Gasteiger partial charge on any atom is 0.159 e. The van der Waals surface area contributed by atoms with E-state index in [1.54, 1.807) is 6.92 Å². The summed E-state index contributed by atoms with van der Waals surface area (Å²) in [7, 11) is 0. The summed E-state index contributed by atoms with van der Waals surface area (Å²) in [5.41, 5.74) is 8.33. The van der Waals surface area contributed by atoms with Crippen molar-refractivity contribution in [1.82, 2.24) is 0 Å². The predicted molar refractivity (Wildman–Crippen MR) is 151 cm³/mol. The Labute approximate surface area is 212 Å². The molecule has 0 aliphatic rings. The van der Waals surface area contributed by atoms with E-state index in [4.69, 9.17) is 0 Å². The minimum Gasteiger partial charge on any atom is -0.311 e. The van der Waals surface area contributed by atoms with Gasteiger partial charge in [-0.1, -0.05) is 54.1 Å². The Morgan fingerprint density at radius 1 is 0.444 bits per heavy atom. The molecule has 0 radical (unpaired) electrons. The molecular formula is C33H28N2O. The number of carbonyl (C=O) groups excluding carboxylic acids is 1. The monoisotopic (exact) mass is 468 g/mol. The first-order valence-corrected chi connectivity index (χ1v) is 12.1. The second-order valence-corrected chi connectivity index (χ2v) is 8.80. The van der Waals surface area contributed by atoms with E-state index in [2.05, 4.69) is 102 Å². The van der Waals surface area contributed by atoms with E-state index < -0.39 is 0 Å². The Hall–Kier alpha value is -4.63. The van der Waals surface area contributed by atoms with Crippen molar-refractivity contribution in [2.45, 2.75) is 13.8 Å². The Balaban J connectivity index is 1.56. The van der Waals surface area contributed by atoms with Gasteiger partial charge < -0.3 is 9.80 Å². The summed E-state index contributed by atoms with van der Waals surface area (Å²) in [5, 5.41) is 0. The molecule has 0 N–H and O–H groups in total. The topological polar surface area (TPSA) is 23.6 Å². The number of benzene rings is 5. The largest absolute Gasteiger partial charge is 0.311 e. The van der Waals surface area contributed by atoms with E-state index in [0.717, 1.165) is 34.1 Å². The molecule has 5 aromatic rings. The summed E-state index contributed by atoms with van der Waals surface area (Å²) in [5.74, 6) is 0.0641. The van der Waals surface area contributed by atoms with Crippen molar-refractivity contribution in [3.63, 3.8) is 0 Å². The van der Waals surface area contributed by atoms with Gasteiger partial charge in [-0.25, -0.2) is 0 Å². The van der Waals surface area contributed by atoms with Crippen LogP contribution >= 0.6 is 0 Å². The van der Waals surface area contributed by atoms with E-state index in [1.165, 1.54) is 5.56 Å². The van der Waals surface area contributed by atoms with Crippen molar-refractivity contribution < 1.29 is 4.79 Å². The van der Waals surface area contributed by atoms with Crippen LogP contribution in [0.2, 0.25) is 0 Å². The summed E-state index contributed by atoms with van der Waals surface area (Å²) in [6.07, 6.45) is 0. The van der Waals surface area contributed by atoms with Crippen molar-refractivity contribution in [3.05, 3.63) is 145 Å². The number of rotatable bonds is 7. The number of ketones is 1. The van der Waals surface area contributed by atoms with E-state index in [9.17, 15) is 4.79 Å². The van der Waals surface area contributed by atoms with Gasteiger partial charge in [-0.15, -0.1) is 0 Å². The molecule has 0 fully saturated rings. The molecule has 3 heteroatoms. The van der Waals surface area contributed by atoms with Crippen LogP contribution in [0, 0.1) is 6.92 Å². The second-order valence-electron chi connectivity index (χ2n) is 8.80. The van der Waals surface area contributed by atoms with Gasteiger partial charge in [-0.3, -0.25) is 4.79 Å². The molecule has 176 valence electrons. The fourth-order valence-electron chi connectivity index (χ4n) is 4.34. The van der Waals surface area contributed by atoms with Crippen molar-refractivity contribution in [3.8, 4) is 0 Å². The van der Waals surface area contributed by atoms with Crippen molar-refractivity contribution in [2.75, 3.05) is 9.80 Å². The molecule has 5 rings (SSSR count). The first kappa shape index (κ1) is 23.1. The number of Topliss-reactive ketones (excluding diaryl/α,β-unsaturated/α-hetero) is 1. The zero-order chi connectivity index (χ0) is 24.9. The highest BCUT2D eigenvalue weighted by Gasteiger charge is 2.16. The fraction of sp³-hybridized carbons (Fsp3) is 0.0606. The summed E-state index contributed by atoms with van der Waals surface area (Å²) in [6.45, 7) is 3.70. The lowest BCUT2D eigenvalue weighted by Gasteiger charge is -2.28. The third-order valence-electron chi connectivity index (χ3n) is 6.22. The van der Waals surface area contributed by atoms with Gasteiger partial charge in [0.15, 0.2) is 5.78 Å². The van der Waals surface area contributed by atoms with Gasteiger partial charge >= 0.3 is 0 Å². The van der Waals surface area contributed by atoms with Crippen LogP contribution in [0.1, 0.15) is 22.8 Å². The average molecular weight is 469 g/mol. The molecule has 0 saturated heterocycles. The quantitative estimate of drug-likeness (QED) is 0.222. The molecule has 0 aliphatic heterocycles. The summed E-state index contributed by atoms with van der Waals surface area (Å²) in [4.78, 5) is 16.3. The standard InChI is InChI=1S/C33H28N2O/c1-25-13-17-30(18-14-25)34(28-9-5-3-6-10-28)32-21-23-33(24-22-32)35(29-11-7-4-8-12-29)31-19-15-27(16-20-31)26(2)36/h3-24H,1-2H3. The number of anilines is 6. The van der Waals surface area contributed by atoms with Crippen LogP contribution in [0.5, 0.6) is 0 Å². The Bertz CT molecular complexity index is 1430. The van der Waals surface area contributed by atoms with E-state index in [0.29, 0.717) is 5.56 Å². The van der Waals surface area contributed by atoms with Gasteiger partial charge in [0.1, 0.15) is 0 Å². The molecule has 0 amide bonds. The number of hydrogen-bond acceptors (Lipinski definition) is 3. The molecule has 0 aromatic heterocycles. The Kier molecular flexibility index (Phi) is 6.63. The number of aryl methyl sites for hydroxylation is 1. The van der Waals surface area contributed by atoms with Gasteiger partial charge in [-0.2, -0.15) is 0 Å². The normalized spacial score (nSPS) is 10.6. The van der Waals surface area contributed by atoms with Gasteiger partial charge in [0.05, 0.1) is 0 Å². The third kappa shape index (κ3) is 4.91. The highest BCUT2D eigenvalue weighted by Crippen LogP contribution is 2.38. The number of nitrogens with zero attached hydrogens (tertiary/aromatic N) is 2. The molecule has 3 nitrogen and oxygen atoms in total. The maximum absolute atomic E-state index is 11.8. The second kappa shape index (κ2) is 10.3. The molecule has 36 heavy (non-hydrogen) atoms. The Morgan fingerprint density at radius 3 is 1.11 bits per heavy atom. The molecule has 0 aliphatic carbocycles. The van der Waals surface area contributed by atoms with E-state index in [1.807, 2.05) is 48.5 Å². The molecule has 5 aromatic carbocycles. The van der Waals surface area contributed by atoms with E-state index in [-0.39, 0.29) is 5.78 Å². The summed E-state index contributed by atoms with van der Waals surface area (Å²) >= 11 is 0. The smallest absolute Gasteiger partial charge is 0.159 e. The zero-order valence-electron chi connectivity index (χ0n) is 20.5. The lowest BCUT2D eigenvalue weighted by molar-refractivity contribution is 0.101. The van der Waals surface area contributed by atoms with Crippen LogP contribution in [0.3, 0.4) is 0 Å². The number of para-hydroxylation sites is 2. The van der Waals surface area contributed by atoms with Crippen LogP contribution in [-0.2, 0) is 0 Å². The van der Waals surface area contributed by atoms with Gasteiger partial charge in [0.2, 0.25) is 0 Å². The van der Waals surface area contributed by atoms with Gasteiger partial charge in [0, 0.05) is 39.7 Å². The highest BCUT2D eigenvalue weighted by molar-refractivity contribution is 5.94. The van der Waals surface area contributed by atoms with Gasteiger partial charge in [0.25, 0.3) is 0 Å². The van der Waals surface area contributed by atoms with Crippen molar-refractivity contribution in [2.24, 2.45) is 0 Å². The minimum absolute atomic E-state index is 0.0641. The van der Waals surface area contributed by atoms with Crippen molar-refractivity contribution in [1.29, 1.82) is 0 Å². The van der Waals surface area contributed by atoms with Crippen LogP contribution in [0.25, 0.3) is 0 Å². The number of hydrogen-bond donors (Lipinski definition) is 0. The van der Waals surface area contributed by atoms with Crippen LogP contribution in [-0.4, -0.2) is 5.78 Å². The molecule has 0 bridgehead atoms. The molecule has 0 spiro atoms. The first-order chi connectivity index (χ1) is 17.6. The lowest BCUT2D eigenvalue weighted by atomic mass is 10.1. The van der Waals surface area contributed by atoms with Crippen molar-refractivity contribution >= 4 is 39.9 Å². The average Bonchev–Trinajstić information content (AvgIpc) is 2.92. The van der Waals surface area contributed by atoms with Crippen LogP contribution < -0.4 is 9.80 Å². The Morgan fingerprint density at radius 2 is 0.750 bits per heavy atom. The maximum atomic E-state index is 11.8. The predicted octanol–water partition coefficient (Wildman–Crippen LogP) is 9.14. The highest BCUT2D eigenvalue weighted by atomic mass is 16.1. The third-order valence-corrected chi connectivity index (χ3v) is 6.22. The lowest BCUT2D eigenvalue weighted by Crippen LogP contribution is -2.12. The summed E-state index contributed by atoms with van der Waals surface area (Å²) in [6, 6.07) is 45.7. The van der Waals surface area contributed by atoms with Crippen LogP contribution in [0.15, 0.2) is 133 Å². The first-order valence-electron chi connectivity index (χ1n) is 12.1. The molecule has 0 atom stereocenters. The zero-order valence-corrected chi connectivity index (χ0v) is 20.5. The van der Waals surface area contributed by atoms with Gasteiger partial charge in [-0.05, 0) is 98.8 Å². The summed E-state index contributed by atoms with van der Waals surface area (Å²) < 4.78 is 0. The molecule has 0 heterocycles. The molecule has 0 saturated carbocycles. The molecule has 0 unspecified atom stereocenters. The molecular weight excluding hydrogens is 440 g/mol.